The zero-order valence-electron chi connectivity index (χ0n) is 22.3. The van der Waals surface area contributed by atoms with Crippen LogP contribution in [0.2, 0.25) is 0 Å². The molecular formula is C36H27N3O. The Morgan fingerprint density at radius 1 is 0.650 bits per heavy atom. The van der Waals surface area contributed by atoms with Crippen LogP contribution in [0.15, 0.2) is 130 Å². The van der Waals surface area contributed by atoms with Gasteiger partial charge in [0, 0.05) is 32.9 Å². The van der Waals surface area contributed by atoms with Crippen molar-refractivity contribution >= 4 is 33.6 Å². The van der Waals surface area contributed by atoms with Crippen LogP contribution in [0.3, 0.4) is 0 Å². The molecule has 2 aliphatic rings. The van der Waals surface area contributed by atoms with Gasteiger partial charge < -0.3 is 9.73 Å². The molecule has 2 heterocycles. The summed E-state index contributed by atoms with van der Waals surface area (Å²) in [6, 6.07) is 40.0. The number of nitrogens with zero attached hydrogens (tertiary/aromatic N) is 2. The minimum absolute atomic E-state index is 0.182. The Morgan fingerprint density at radius 2 is 1.30 bits per heavy atom. The summed E-state index contributed by atoms with van der Waals surface area (Å²) in [5.74, 6) is 1.65. The number of hydrogen-bond acceptors (Lipinski definition) is 4. The highest BCUT2D eigenvalue weighted by Gasteiger charge is 2.38. The molecule has 0 amide bonds. The number of nitrogens with one attached hydrogen (secondary N) is 1. The van der Waals surface area contributed by atoms with E-state index >= 15 is 0 Å². The fraction of sp³-hybridized carbons (Fsp3) is 0.111. The van der Waals surface area contributed by atoms with E-state index in [9.17, 15) is 0 Å². The number of rotatable bonds is 3. The summed E-state index contributed by atoms with van der Waals surface area (Å²) in [6.07, 6.45) is -0.359. The third kappa shape index (κ3) is 3.39. The summed E-state index contributed by atoms with van der Waals surface area (Å²) < 4.78 is 6.47. The van der Waals surface area contributed by atoms with Crippen molar-refractivity contribution in [2.75, 3.05) is 0 Å². The maximum absolute atomic E-state index is 6.47. The van der Waals surface area contributed by atoms with Crippen molar-refractivity contribution in [2.45, 2.75) is 25.4 Å². The average Bonchev–Trinajstić information content (AvgIpc) is 3.50. The number of furan rings is 1. The Labute approximate surface area is 232 Å². The molecule has 5 aromatic carbocycles. The van der Waals surface area contributed by atoms with Gasteiger partial charge in [0.05, 0.1) is 0 Å². The lowest BCUT2D eigenvalue weighted by atomic mass is 9.81. The van der Waals surface area contributed by atoms with Crippen molar-refractivity contribution in [1.29, 1.82) is 0 Å². The van der Waals surface area contributed by atoms with Crippen LogP contribution in [0.4, 0.5) is 0 Å². The molecule has 6 aromatic rings. The van der Waals surface area contributed by atoms with E-state index in [1.165, 1.54) is 22.3 Å². The zero-order chi connectivity index (χ0) is 26.8. The van der Waals surface area contributed by atoms with Crippen LogP contribution >= 0.6 is 0 Å². The summed E-state index contributed by atoms with van der Waals surface area (Å²) >= 11 is 0. The van der Waals surface area contributed by atoms with Gasteiger partial charge in [-0.1, -0.05) is 123 Å². The first-order valence-electron chi connectivity index (χ1n) is 13.7. The molecule has 4 heteroatoms. The molecule has 1 aromatic heterocycles. The summed E-state index contributed by atoms with van der Waals surface area (Å²) in [7, 11) is 0. The molecule has 192 valence electrons. The molecule has 40 heavy (non-hydrogen) atoms. The predicted octanol–water partition coefficient (Wildman–Crippen LogP) is 8.39. The fourth-order valence-electron chi connectivity index (χ4n) is 6.26. The third-order valence-electron chi connectivity index (χ3n) is 8.34. The quantitative estimate of drug-likeness (QED) is 0.256. The molecule has 1 aliphatic heterocycles. The molecule has 0 fully saturated rings. The minimum Gasteiger partial charge on any atom is -0.455 e. The molecule has 0 bridgehead atoms. The molecule has 0 atom stereocenters. The van der Waals surface area contributed by atoms with E-state index in [0.29, 0.717) is 0 Å². The average molecular weight is 518 g/mol. The molecule has 1 aliphatic carbocycles. The summed E-state index contributed by atoms with van der Waals surface area (Å²) in [5, 5.41) is 5.81. The SMILES string of the molecule is CC1(C)c2cc(C3N=C(c4ccccc4)NC(c4ccccc4)=N3)ccc2-c2c1ccc1c2oc2ccccc21. The van der Waals surface area contributed by atoms with Crippen LogP contribution in [0.5, 0.6) is 0 Å². The molecule has 1 N–H and O–H groups in total. The van der Waals surface area contributed by atoms with Crippen LogP contribution < -0.4 is 5.32 Å². The lowest BCUT2D eigenvalue weighted by Crippen LogP contribution is -2.36. The first-order chi connectivity index (χ1) is 19.6. The van der Waals surface area contributed by atoms with Gasteiger partial charge in [0.25, 0.3) is 0 Å². The van der Waals surface area contributed by atoms with Gasteiger partial charge in [-0.3, -0.25) is 0 Å². The van der Waals surface area contributed by atoms with Crippen LogP contribution in [0, 0.1) is 0 Å². The van der Waals surface area contributed by atoms with Gasteiger partial charge in [-0.25, -0.2) is 9.98 Å². The summed E-state index contributed by atoms with van der Waals surface area (Å²) in [5.41, 5.74) is 9.85. The van der Waals surface area contributed by atoms with E-state index in [1.54, 1.807) is 0 Å². The van der Waals surface area contributed by atoms with E-state index in [1.807, 2.05) is 48.5 Å². The van der Waals surface area contributed by atoms with Crippen molar-refractivity contribution in [3.05, 3.63) is 143 Å². The largest absolute Gasteiger partial charge is 0.455 e. The van der Waals surface area contributed by atoms with E-state index < -0.39 is 0 Å². The second-order valence-corrected chi connectivity index (χ2v) is 11.1. The first-order valence-corrected chi connectivity index (χ1v) is 13.7. The van der Waals surface area contributed by atoms with Crippen LogP contribution in [-0.2, 0) is 5.41 Å². The smallest absolute Gasteiger partial charge is 0.169 e. The van der Waals surface area contributed by atoms with Crippen LogP contribution in [0.25, 0.3) is 33.1 Å². The number of hydrogen-bond donors (Lipinski definition) is 1. The molecule has 0 saturated carbocycles. The number of benzene rings is 5. The van der Waals surface area contributed by atoms with Crippen molar-refractivity contribution in [3.8, 4) is 11.1 Å². The maximum atomic E-state index is 6.47. The first kappa shape index (κ1) is 23.0. The van der Waals surface area contributed by atoms with Gasteiger partial charge in [-0.15, -0.1) is 0 Å². The topological polar surface area (TPSA) is 49.9 Å². The van der Waals surface area contributed by atoms with Crippen LogP contribution in [-0.4, -0.2) is 11.7 Å². The van der Waals surface area contributed by atoms with Crippen molar-refractivity contribution < 1.29 is 4.42 Å². The van der Waals surface area contributed by atoms with Crippen molar-refractivity contribution in [3.63, 3.8) is 0 Å². The van der Waals surface area contributed by atoms with E-state index in [-0.39, 0.29) is 11.6 Å². The van der Waals surface area contributed by atoms with Crippen LogP contribution in [0.1, 0.15) is 47.8 Å². The molecule has 0 radical (unpaired) electrons. The standard InChI is InChI=1S/C36H27N3O/c1-36(2)28-20-19-26-25-15-9-10-16-30(25)40-32(26)31(28)27-18-17-24(21-29(27)36)35-38-33(22-11-5-3-6-12-22)37-34(39-35)23-13-7-4-8-14-23/h3-21,35H,1-2H3,(H,37,38,39). The Kier molecular flexibility index (Phi) is 4.89. The summed E-state index contributed by atoms with van der Waals surface area (Å²) in [4.78, 5) is 10.2. The molecule has 4 nitrogen and oxygen atoms in total. The fourth-order valence-corrected chi connectivity index (χ4v) is 6.26. The van der Waals surface area contributed by atoms with Crippen molar-refractivity contribution in [2.24, 2.45) is 9.98 Å². The van der Waals surface area contributed by atoms with Gasteiger partial charge in [0.15, 0.2) is 6.17 Å². The molecule has 8 rings (SSSR count). The number of aliphatic imine (C=N–C) groups is 2. The monoisotopic (exact) mass is 517 g/mol. The van der Waals surface area contributed by atoms with Gasteiger partial charge in [0.2, 0.25) is 0 Å². The second-order valence-electron chi connectivity index (χ2n) is 11.1. The molecule has 0 saturated heterocycles. The van der Waals surface area contributed by atoms with Gasteiger partial charge in [-0.2, -0.15) is 0 Å². The number of amidine groups is 2. The van der Waals surface area contributed by atoms with Gasteiger partial charge >= 0.3 is 0 Å². The predicted molar refractivity (Wildman–Crippen MR) is 163 cm³/mol. The molecule has 0 spiro atoms. The number of fused-ring (bicyclic) bond motifs is 7. The van der Waals surface area contributed by atoms with Gasteiger partial charge in [-0.05, 0) is 28.3 Å². The second kappa shape index (κ2) is 8.52. The Hall–Kier alpha value is -4.96. The Morgan fingerprint density at radius 3 is 2.00 bits per heavy atom. The summed E-state index contributed by atoms with van der Waals surface area (Å²) in [6.45, 7) is 4.60. The number of para-hydroxylation sites is 1. The van der Waals surface area contributed by atoms with E-state index in [2.05, 4.69) is 85.9 Å². The highest BCUT2D eigenvalue weighted by atomic mass is 16.3. The molecular weight excluding hydrogens is 490 g/mol. The minimum atomic E-state index is -0.359. The maximum Gasteiger partial charge on any atom is 0.169 e. The van der Waals surface area contributed by atoms with E-state index in [4.69, 9.17) is 14.4 Å². The Balaban J connectivity index is 1.29. The highest BCUT2D eigenvalue weighted by Crippen LogP contribution is 2.53. The van der Waals surface area contributed by atoms with E-state index in [0.717, 1.165) is 50.3 Å². The van der Waals surface area contributed by atoms with Gasteiger partial charge in [0.1, 0.15) is 22.8 Å². The van der Waals surface area contributed by atoms with Crippen molar-refractivity contribution in [1.82, 2.24) is 5.32 Å². The zero-order valence-corrected chi connectivity index (χ0v) is 22.3. The highest BCUT2D eigenvalue weighted by molar-refractivity contribution is 6.16. The normalized spacial score (nSPS) is 15.8. The lowest BCUT2D eigenvalue weighted by molar-refractivity contribution is 0.650. The Bertz CT molecular complexity index is 1940. The third-order valence-corrected chi connectivity index (χ3v) is 8.34. The molecule has 0 unspecified atom stereocenters. The lowest BCUT2D eigenvalue weighted by Gasteiger charge is -2.25.